The first-order chi connectivity index (χ1) is 18.3. The van der Waals surface area contributed by atoms with Crippen LogP contribution in [0, 0.1) is 56.2 Å². The quantitative estimate of drug-likeness (QED) is 0.251. The van der Waals surface area contributed by atoms with Gasteiger partial charge >= 0.3 is 11.9 Å². The molecule has 0 heterocycles. The molecule has 0 N–H and O–H groups in total. The third-order valence-corrected chi connectivity index (χ3v) is 14.5. The van der Waals surface area contributed by atoms with E-state index in [-0.39, 0.29) is 68.3 Å². The maximum Gasteiger partial charge on any atom is 0.302 e. The van der Waals surface area contributed by atoms with Gasteiger partial charge in [-0.15, -0.1) is 0 Å². The Labute approximate surface area is 247 Å². The smallest absolute Gasteiger partial charge is 0.302 e. The lowest BCUT2D eigenvalue weighted by atomic mass is 9.31. The fourth-order valence-corrected chi connectivity index (χ4v) is 12.4. The summed E-state index contributed by atoms with van der Waals surface area (Å²) >= 11 is 6.53. The first kappa shape index (κ1) is 30.4. The van der Waals surface area contributed by atoms with Gasteiger partial charge in [-0.2, -0.15) is 0 Å². The minimum Gasteiger partial charge on any atom is -0.462 e. The van der Waals surface area contributed by atoms with E-state index in [4.69, 9.17) is 21.1 Å². The summed E-state index contributed by atoms with van der Waals surface area (Å²) in [5, 5.41) is -0.176. The van der Waals surface area contributed by atoms with E-state index in [1.807, 2.05) is 0 Å². The molecule has 0 aromatic heterocycles. The topological polar surface area (TPSA) is 69.7 Å². The molecule has 40 heavy (non-hydrogen) atoms. The van der Waals surface area contributed by atoms with Gasteiger partial charge in [0.15, 0.2) is 0 Å². The van der Waals surface area contributed by atoms with E-state index in [0.29, 0.717) is 11.8 Å². The van der Waals surface area contributed by atoms with E-state index in [9.17, 15) is 14.4 Å². The molecule has 0 bridgehead atoms. The molecule has 3 unspecified atom stereocenters. The molecule has 0 aromatic carbocycles. The van der Waals surface area contributed by atoms with E-state index >= 15 is 0 Å². The molecule has 5 aliphatic carbocycles. The summed E-state index contributed by atoms with van der Waals surface area (Å²) in [6.07, 6.45) is 9.17. The van der Waals surface area contributed by atoms with Crippen molar-refractivity contribution in [2.24, 2.45) is 56.2 Å². The highest BCUT2D eigenvalue weighted by Gasteiger charge is 2.73. The summed E-state index contributed by atoms with van der Waals surface area (Å²) in [5.74, 6) is 0.590. The fourth-order valence-electron chi connectivity index (χ4n) is 12.1. The van der Waals surface area contributed by atoms with E-state index in [1.54, 1.807) is 0 Å². The van der Waals surface area contributed by atoms with Crippen LogP contribution in [-0.4, -0.2) is 29.4 Å². The molecule has 0 saturated heterocycles. The second kappa shape index (κ2) is 9.45. The van der Waals surface area contributed by atoms with E-state index in [0.717, 1.165) is 64.2 Å². The van der Waals surface area contributed by atoms with Crippen LogP contribution >= 0.6 is 11.6 Å². The Morgan fingerprint density at radius 1 is 0.725 bits per heavy atom. The molecule has 10 atom stereocenters. The van der Waals surface area contributed by atoms with Gasteiger partial charge in [0.2, 0.25) is 5.24 Å². The zero-order chi connectivity index (χ0) is 29.7. The number of rotatable bonds is 3. The Bertz CT molecular complexity index is 1080. The minimum absolute atomic E-state index is 0.0439. The predicted octanol–water partition coefficient (Wildman–Crippen LogP) is 8.11. The molecule has 5 saturated carbocycles. The SMILES string of the molecule is CC(=O)O[C@H]1CC[C@@]2(C)C(CC[C@]3(C)[C@@H]2C[C@@H](OC(C)=O)C2C4CC(C)(C)CC[C@]4(C(=O)Cl)CC[C@]23C)C1(C)C. The molecule has 0 radical (unpaired) electrons. The highest BCUT2D eigenvalue weighted by molar-refractivity contribution is 6.64. The van der Waals surface area contributed by atoms with Gasteiger partial charge in [0.25, 0.3) is 0 Å². The molecule has 0 spiro atoms. The summed E-state index contributed by atoms with van der Waals surface area (Å²) in [6, 6.07) is 0. The number of halogens is 1. The first-order valence-corrected chi connectivity index (χ1v) is 16.3. The molecule has 0 aromatic rings. The Morgan fingerprint density at radius 2 is 1.35 bits per heavy atom. The maximum absolute atomic E-state index is 13.3. The van der Waals surface area contributed by atoms with Crippen molar-refractivity contribution in [2.45, 2.75) is 139 Å². The molecule has 5 nitrogen and oxygen atoms in total. The van der Waals surface area contributed by atoms with Crippen molar-refractivity contribution in [3.63, 3.8) is 0 Å². The molecule has 5 fully saturated rings. The van der Waals surface area contributed by atoms with E-state index in [2.05, 4.69) is 48.5 Å². The average Bonchev–Trinajstić information content (AvgIpc) is 2.81. The number of ether oxygens (including phenoxy) is 2. The Balaban J connectivity index is 1.61. The monoisotopic (exact) mass is 576 g/mol. The molecule has 6 heteroatoms. The van der Waals surface area contributed by atoms with Gasteiger partial charge in [-0.1, -0.05) is 48.5 Å². The van der Waals surface area contributed by atoms with Crippen molar-refractivity contribution in [3.8, 4) is 0 Å². The molecule has 5 rings (SSSR count). The van der Waals surface area contributed by atoms with Crippen molar-refractivity contribution >= 4 is 28.8 Å². The minimum atomic E-state index is -0.520. The standard InChI is InChI=1S/C34H53ClO5/c1-20(36)39-23-18-25-31(7)12-11-26(40-21(2)37)30(5,6)24(31)10-13-32(25,8)33(9)15-17-34(28(35)38)16-14-29(3,4)19-22(34)27(23)33/h22-27H,10-19H2,1-9H3/t22?,23-,24?,25-,26+,27?,31+,32-,33-,34+/m1/s1. The van der Waals surface area contributed by atoms with Crippen molar-refractivity contribution < 1.29 is 23.9 Å². The van der Waals surface area contributed by atoms with Gasteiger partial charge in [0.05, 0.1) is 0 Å². The number of carbonyl (C=O) groups is 3. The Morgan fingerprint density at radius 3 is 1.95 bits per heavy atom. The van der Waals surface area contributed by atoms with Gasteiger partial charge in [0, 0.05) is 30.6 Å². The van der Waals surface area contributed by atoms with Crippen LogP contribution in [0.2, 0.25) is 0 Å². The summed E-state index contributed by atoms with van der Waals surface area (Å²) in [6.45, 7) is 19.8. The first-order valence-electron chi connectivity index (χ1n) is 15.9. The van der Waals surface area contributed by atoms with Crippen LogP contribution in [0.3, 0.4) is 0 Å². The summed E-state index contributed by atoms with van der Waals surface area (Å²) in [7, 11) is 0. The van der Waals surface area contributed by atoms with Gasteiger partial charge in [0.1, 0.15) is 12.2 Å². The van der Waals surface area contributed by atoms with Gasteiger partial charge in [-0.25, -0.2) is 0 Å². The predicted molar refractivity (Wildman–Crippen MR) is 156 cm³/mol. The van der Waals surface area contributed by atoms with Gasteiger partial charge in [-0.05, 0) is 115 Å². The largest absolute Gasteiger partial charge is 0.462 e. The summed E-state index contributed by atoms with van der Waals surface area (Å²) in [4.78, 5) is 37.9. The highest BCUT2D eigenvalue weighted by Crippen LogP contribution is 2.77. The van der Waals surface area contributed by atoms with Crippen LogP contribution in [0.5, 0.6) is 0 Å². The second-order valence-corrected chi connectivity index (χ2v) is 17.1. The maximum atomic E-state index is 13.3. The number of carbonyl (C=O) groups excluding carboxylic acids is 3. The lowest BCUT2D eigenvalue weighted by Crippen LogP contribution is -2.70. The molecular weight excluding hydrogens is 524 g/mol. The summed E-state index contributed by atoms with van der Waals surface area (Å²) in [5.41, 5.74) is -0.507. The lowest BCUT2D eigenvalue weighted by molar-refractivity contribution is -0.278. The Kier molecular flexibility index (Phi) is 7.17. The third kappa shape index (κ3) is 4.16. The number of hydrogen-bond donors (Lipinski definition) is 0. The van der Waals surface area contributed by atoms with Crippen LogP contribution in [0.25, 0.3) is 0 Å². The van der Waals surface area contributed by atoms with Gasteiger partial charge in [-0.3, -0.25) is 14.4 Å². The molecule has 226 valence electrons. The zero-order valence-electron chi connectivity index (χ0n) is 26.5. The fraction of sp³-hybridized carbons (Fsp3) is 0.912. The van der Waals surface area contributed by atoms with Crippen LogP contribution in [0.4, 0.5) is 0 Å². The molecule has 5 aliphatic rings. The van der Waals surface area contributed by atoms with Crippen molar-refractivity contribution in [2.75, 3.05) is 0 Å². The second-order valence-electron chi connectivity index (χ2n) is 16.8. The zero-order valence-corrected chi connectivity index (χ0v) is 27.2. The lowest BCUT2D eigenvalue weighted by Gasteiger charge is -2.74. The number of hydrogen-bond acceptors (Lipinski definition) is 5. The van der Waals surface area contributed by atoms with Crippen LogP contribution in [-0.2, 0) is 23.9 Å². The van der Waals surface area contributed by atoms with E-state index in [1.165, 1.54) is 13.8 Å². The normalized spacial score (nSPS) is 48.9. The number of fused-ring (bicyclic) bond motifs is 7. The third-order valence-electron chi connectivity index (χ3n) is 14.2. The molecule has 0 aliphatic heterocycles. The summed E-state index contributed by atoms with van der Waals surface area (Å²) < 4.78 is 12.3. The van der Waals surface area contributed by atoms with Crippen molar-refractivity contribution in [1.29, 1.82) is 0 Å². The van der Waals surface area contributed by atoms with Crippen molar-refractivity contribution in [1.82, 2.24) is 0 Å². The highest BCUT2D eigenvalue weighted by atomic mass is 35.5. The van der Waals surface area contributed by atoms with Crippen LogP contribution in [0.15, 0.2) is 0 Å². The van der Waals surface area contributed by atoms with Gasteiger partial charge < -0.3 is 9.47 Å². The van der Waals surface area contributed by atoms with Crippen molar-refractivity contribution in [3.05, 3.63) is 0 Å². The Hall–Kier alpha value is -1.10. The average molecular weight is 577 g/mol. The molecular formula is C34H53ClO5. The number of esters is 2. The van der Waals surface area contributed by atoms with Crippen LogP contribution in [0.1, 0.15) is 127 Å². The van der Waals surface area contributed by atoms with Crippen LogP contribution < -0.4 is 0 Å². The molecule has 0 amide bonds. The van der Waals surface area contributed by atoms with E-state index < -0.39 is 5.41 Å².